The summed E-state index contributed by atoms with van der Waals surface area (Å²) >= 11 is 0. The Morgan fingerprint density at radius 2 is 2.38 bits per heavy atom. The second kappa shape index (κ2) is 4.57. The van der Waals surface area contributed by atoms with Gasteiger partial charge in [0.25, 0.3) is 0 Å². The van der Waals surface area contributed by atoms with Gasteiger partial charge in [-0.25, -0.2) is 14.8 Å². The zero-order valence-electron chi connectivity index (χ0n) is 9.14. The Kier molecular flexibility index (Phi) is 3.14. The monoisotopic (exact) mass is 222 g/mol. The molecule has 1 atom stereocenters. The van der Waals surface area contributed by atoms with Crippen LogP contribution in [-0.4, -0.2) is 34.3 Å². The molecule has 16 heavy (non-hydrogen) atoms. The van der Waals surface area contributed by atoms with Crippen LogP contribution in [0, 0.1) is 6.92 Å². The van der Waals surface area contributed by atoms with Crippen LogP contribution in [0.2, 0.25) is 0 Å². The van der Waals surface area contributed by atoms with Crippen LogP contribution >= 0.6 is 0 Å². The van der Waals surface area contributed by atoms with E-state index in [0.717, 1.165) is 19.4 Å². The molecular weight excluding hydrogens is 208 g/mol. The minimum Gasteiger partial charge on any atom is -0.477 e. The van der Waals surface area contributed by atoms with E-state index in [-0.39, 0.29) is 11.6 Å². The van der Waals surface area contributed by atoms with Crippen molar-refractivity contribution in [1.82, 2.24) is 9.97 Å². The lowest BCUT2D eigenvalue weighted by Crippen LogP contribution is -2.19. The molecule has 1 N–H and O–H groups in total. The largest absolute Gasteiger partial charge is 0.477 e. The molecule has 2 rings (SSSR count). The third kappa shape index (κ3) is 2.36. The van der Waals surface area contributed by atoms with Crippen LogP contribution in [0.25, 0.3) is 0 Å². The molecule has 1 aromatic rings. The average Bonchev–Trinajstić information content (AvgIpc) is 2.29. The molecule has 1 unspecified atom stereocenters. The summed E-state index contributed by atoms with van der Waals surface area (Å²) < 4.78 is 5.35. The van der Waals surface area contributed by atoms with Crippen molar-refractivity contribution >= 4 is 5.97 Å². The first kappa shape index (κ1) is 11.0. The molecule has 5 nitrogen and oxygen atoms in total. The molecule has 0 saturated carbocycles. The number of aromatic nitrogens is 2. The topological polar surface area (TPSA) is 72.3 Å². The van der Waals surface area contributed by atoms with Crippen molar-refractivity contribution in [2.75, 3.05) is 13.2 Å². The minimum atomic E-state index is -1.01. The highest BCUT2D eigenvalue weighted by atomic mass is 16.5. The molecule has 0 bridgehead atoms. The maximum atomic E-state index is 10.9. The molecule has 1 fully saturated rings. The standard InChI is InChI=1S/C11H14N2O3/c1-7-5-9(11(14)15)13-10(12-7)8-3-2-4-16-6-8/h5,8H,2-4,6H2,1H3,(H,14,15). The third-order valence-electron chi connectivity index (χ3n) is 2.62. The van der Waals surface area contributed by atoms with Gasteiger partial charge in [-0.3, -0.25) is 0 Å². The van der Waals surface area contributed by atoms with Crippen molar-refractivity contribution < 1.29 is 14.6 Å². The Morgan fingerprint density at radius 1 is 1.56 bits per heavy atom. The van der Waals surface area contributed by atoms with Gasteiger partial charge >= 0.3 is 5.97 Å². The van der Waals surface area contributed by atoms with Crippen LogP contribution < -0.4 is 0 Å². The van der Waals surface area contributed by atoms with E-state index in [4.69, 9.17) is 9.84 Å². The Labute approximate surface area is 93.5 Å². The summed E-state index contributed by atoms with van der Waals surface area (Å²) in [6.07, 6.45) is 1.94. The van der Waals surface area contributed by atoms with Crippen molar-refractivity contribution in [3.05, 3.63) is 23.3 Å². The molecular formula is C11H14N2O3. The Balaban J connectivity index is 2.28. The lowest BCUT2D eigenvalue weighted by molar-refractivity contribution is 0.0682. The number of carboxylic acids is 1. The summed E-state index contributed by atoms with van der Waals surface area (Å²) in [6, 6.07) is 1.48. The van der Waals surface area contributed by atoms with Crippen LogP contribution in [0.3, 0.4) is 0 Å². The number of aryl methyl sites for hydroxylation is 1. The number of carboxylic acid groups (broad SMARTS) is 1. The molecule has 0 aliphatic carbocycles. The lowest BCUT2D eigenvalue weighted by atomic mass is 10.0. The zero-order valence-corrected chi connectivity index (χ0v) is 9.14. The molecule has 1 aromatic heterocycles. The van der Waals surface area contributed by atoms with Crippen LogP contribution in [0.5, 0.6) is 0 Å². The van der Waals surface area contributed by atoms with E-state index in [2.05, 4.69) is 9.97 Å². The number of nitrogens with zero attached hydrogens (tertiary/aromatic N) is 2. The predicted molar refractivity (Wildman–Crippen MR) is 56.5 cm³/mol. The van der Waals surface area contributed by atoms with E-state index in [1.165, 1.54) is 6.07 Å². The second-order valence-corrected chi connectivity index (χ2v) is 3.97. The fraction of sp³-hybridized carbons (Fsp3) is 0.545. The van der Waals surface area contributed by atoms with Crippen molar-refractivity contribution in [2.45, 2.75) is 25.7 Å². The molecule has 0 spiro atoms. The van der Waals surface area contributed by atoms with Crippen molar-refractivity contribution in [2.24, 2.45) is 0 Å². The zero-order chi connectivity index (χ0) is 11.5. The van der Waals surface area contributed by atoms with Gasteiger partial charge < -0.3 is 9.84 Å². The fourth-order valence-corrected chi connectivity index (χ4v) is 1.83. The van der Waals surface area contributed by atoms with Crippen LogP contribution in [0.4, 0.5) is 0 Å². The SMILES string of the molecule is Cc1cc(C(=O)O)nc(C2CCCOC2)n1. The quantitative estimate of drug-likeness (QED) is 0.818. The third-order valence-corrected chi connectivity index (χ3v) is 2.62. The molecule has 1 aliphatic rings. The van der Waals surface area contributed by atoms with Gasteiger partial charge in [-0.15, -0.1) is 0 Å². The minimum absolute atomic E-state index is 0.0630. The summed E-state index contributed by atoms with van der Waals surface area (Å²) in [7, 11) is 0. The van der Waals surface area contributed by atoms with Crippen molar-refractivity contribution in [1.29, 1.82) is 0 Å². The Hall–Kier alpha value is -1.49. The van der Waals surface area contributed by atoms with Crippen LogP contribution in [-0.2, 0) is 4.74 Å². The molecule has 2 heterocycles. The number of ether oxygens (including phenoxy) is 1. The molecule has 1 aliphatic heterocycles. The molecule has 0 amide bonds. The Bertz CT molecular complexity index is 400. The van der Waals surface area contributed by atoms with Gasteiger partial charge in [0, 0.05) is 18.2 Å². The normalized spacial score (nSPS) is 20.7. The van der Waals surface area contributed by atoms with E-state index < -0.39 is 5.97 Å². The summed E-state index contributed by atoms with van der Waals surface area (Å²) in [6.45, 7) is 3.14. The van der Waals surface area contributed by atoms with Gasteiger partial charge in [0.1, 0.15) is 5.82 Å². The molecule has 0 radical (unpaired) electrons. The van der Waals surface area contributed by atoms with E-state index in [1.54, 1.807) is 6.92 Å². The summed E-state index contributed by atoms with van der Waals surface area (Å²) in [4.78, 5) is 19.2. The highest BCUT2D eigenvalue weighted by Crippen LogP contribution is 2.22. The fourth-order valence-electron chi connectivity index (χ4n) is 1.83. The van der Waals surface area contributed by atoms with Crippen molar-refractivity contribution in [3.63, 3.8) is 0 Å². The van der Waals surface area contributed by atoms with E-state index in [1.807, 2.05) is 0 Å². The van der Waals surface area contributed by atoms with E-state index in [0.29, 0.717) is 18.1 Å². The van der Waals surface area contributed by atoms with Gasteiger partial charge in [0.15, 0.2) is 5.69 Å². The maximum Gasteiger partial charge on any atom is 0.354 e. The first-order valence-electron chi connectivity index (χ1n) is 5.33. The summed E-state index contributed by atoms with van der Waals surface area (Å²) in [5, 5.41) is 8.91. The highest BCUT2D eigenvalue weighted by Gasteiger charge is 2.20. The Morgan fingerprint density at radius 3 is 3.00 bits per heavy atom. The maximum absolute atomic E-state index is 10.9. The summed E-state index contributed by atoms with van der Waals surface area (Å²) in [5.41, 5.74) is 0.751. The van der Waals surface area contributed by atoms with Gasteiger partial charge in [-0.05, 0) is 25.8 Å². The second-order valence-electron chi connectivity index (χ2n) is 3.97. The highest BCUT2D eigenvalue weighted by molar-refractivity contribution is 5.85. The van der Waals surface area contributed by atoms with Crippen molar-refractivity contribution in [3.8, 4) is 0 Å². The number of hydrogen-bond acceptors (Lipinski definition) is 4. The first-order valence-corrected chi connectivity index (χ1v) is 5.33. The predicted octanol–water partition coefficient (Wildman–Crippen LogP) is 1.38. The number of rotatable bonds is 2. The lowest BCUT2D eigenvalue weighted by Gasteiger charge is -2.21. The number of hydrogen-bond donors (Lipinski definition) is 1. The average molecular weight is 222 g/mol. The smallest absolute Gasteiger partial charge is 0.354 e. The van der Waals surface area contributed by atoms with Gasteiger partial charge in [0.05, 0.1) is 6.61 Å². The number of aromatic carboxylic acids is 1. The molecule has 0 aromatic carbocycles. The molecule has 1 saturated heterocycles. The van der Waals surface area contributed by atoms with Gasteiger partial charge in [-0.2, -0.15) is 0 Å². The van der Waals surface area contributed by atoms with Crippen LogP contribution in [0.15, 0.2) is 6.07 Å². The molecule has 5 heteroatoms. The molecule has 86 valence electrons. The first-order chi connectivity index (χ1) is 7.66. The summed E-state index contributed by atoms with van der Waals surface area (Å²) in [5.74, 6) is -0.285. The van der Waals surface area contributed by atoms with Gasteiger partial charge in [-0.1, -0.05) is 0 Å². The van der Waals surface area contributed by atoms with E-state index >= 15 is 0 Å². The number of carbonyl (C=O) groups is 1. The van der Waals surface area contributed by atoms with Crippen LogP contribution in [0.1, 0.15) is 40.8 Å². The van der Waals surface area contributed by atoms with Gasteiger partial charge in [0.2, 0.25) is 0 Å². The van der Waals surface area contributed by atoms with E-state index in [9.17, 15) is 4.79 Å².